The van der Waals surface area contributed by atoms with Crippen molar-refractivity contribution in [3.63, 3.8) is 0 Å². The Hall–Kier alpha value is 0.910. The average molecular weight is 190 g/mol. The molecular weight excluding hydrogens is 175 g/mol. The molecule has 0 aromatic heterocycles. The van der Waals surface area contributed by atoms with Crippen LogP contribution in [0.5, 0.6) is 0 Å². The van der Waals surface area contributed by atoms with Gasteiger partial charge in [-0.1, -0.05) is 19.8 Å². The molecule has 3 nitrogen and oxygen atoms in total. The second kappa shape index (κ2) is 7.55. The molecule has 0 bridgehead atoms. The Balaban J connectivity index is 0. The van der Waals surface area contributed by atoms with Gasteiger partial charge in [0.1, 0.15) is 0 Å². The summed E-state index contributed by atoms with van der Waals surface area (Å²) < 4.78 is 25.6. The Morgan fingerprint density at radius 1 is 1.27 bits per heavy atom. The number of hydrogen-bond donors (Lipinski definition) is 0. The molecule has 0 aliphatic heterocycles. The van der Waals surface area contributed by atoms with Gasteiger partial charge in [0.15, 0.2) is 0 Å². The van der Waals surface area contributed by atoms with Crippen LogP contribution in [0.25, 0.3) is 0 Å². The van der Waals surface area contributed by atoms with Crippen molar-refractivity contribution in [1.29, 1.82) is 0 Å². The molecule has 0 aliphatic rings. The van der Waals surface area contributed by atoms with E-state index in [1.807, 2.05) is 6.92 Å². The van der Waals surface area contributed by atoms with Crippen LogP contribution < -0.4 is 0 Å². The quantitative estimate of drug-likeness (QED) is 0.360. The van der Waals surface area contributed by atoms with Crippen molar-refractivity contribution in [3.8, 4) is 0 Å². The first-order chi connectivity index (χ1) is 4.62. The molecule has 0 rings (SSSR count). The third-order valence-corrected chi connectivity index (χ3v) is 2.55. The van der Waals surface area contributed by atoms with Crippen molar-refractivity contribution in [2.45, 2.75) is 26.2 Å². The second-order valence-electron chi connectivity index (χ2n) is 2.14. The Kier molecular flexibility index (Phi) is 9.91. The molecule has 0 atom stereocenters. The van der Waals surface area contributed by atoms with E-state index < -0.39 is 10.1 Å². The first-order valence-corrected chi connectivity index (χ1v) is 4.98. The summed E-state index contributed by atoms with van der Waals surface area (Å²) in [6.07, 6.45) is 2.68. The molecule has 0 aromatic carbocycles. The fourth-order valence-electron chi connectivity index (χ4n) is 0.612. The summed E-state index contributed by atoms with van der Waals surface area (Å²) in [6, 6.07) is 0. The Morgan fingerprint density at radius 2 is 1.82 bits per heavy atom. The number of hydrogen-bond acceptors (Lipinski definition) is 3. The maximum absolute atomic E-state index is 10.7. The molecule has 0 saturated carbocycles. The van der Waals surface area contributed by atoms with Gasteiger partial charge in [-0.25, -0.2) is 0 Å². The molecule has 0 aromatic rings. The summed E-state index contributed by atoms with van der Waals surface area (Å²) in [5.41, 5.74) is 0. The Labute approximate surface area is 90.9 Å². The summed E-state index contributed by atoms with van der Waals surface area (Å²) in [5, 5.41) is 0. The first kappa shape index (κ1) is 14.4. The summed E-state index contributed by atoms with van der Waals surface area (Å²) in [4.78, 5) is 0. The zero-order valence-electron chi connectivity index (χ0n) is 6.46. The van der Waals surface area contributed by atoms with Gasteiger partial charge in [0.05, 0.1) is 12.9 Å². The molecular formula is C6H15NaO3S. The average Bonchev–Trinajstić information content (AvgIpc) is 1.89. The molecule has 0 unspecified atom stereocenters. The van der Waals surface area contributed by atoms with Crippen LogP contribution in [0.15, 0.2) is 0 Å². The Morgan fingerprint density at radius 3 is 2.18 bits per heavy atom. The fraction of sp³-hybridized carbons (Fsp3) is 1.00. The molecule has 11 heavy (non-hydrogen) atoms. The molecule has 0 amide bonds. The first-order valence-electron chi connectivity index (χ1n) is 3.40. The van der Waals surface area contributed by atoms with Crippen molar-refractivity contribution < 1.29 is 12.6 Å². The van der Waals surface area contributed by atoms with Crippen molar-refractivity contribution in [3.05, 3.63) is 0 Å². The van der Waals surface area contributed by atoms with E-state index in [-0.39, 0.29) is 35.3 Å². The minimum absolute atomic E-state index is 0. The van der Waals surface area contributed by atoms with Crippen LogP contribution in [0.3, 0.4) is 0 Å². The van der Waals surface area contributed by atoms with E-state index in [4.69, 9.17) is 0 Å². The van der Waals surface area contributed by atoms with E-state index in [2.05, 4.69) is 4.18 Å². The predicted octanol–water partition coefficient (Wildman–Crippen LogP) is 0.504. The molecule has 0 N–H and O–H groups in total. The number of rotatable bonds is 5. The van der Waals surface area contributed by atoms with Crippen molar-refractivity contribution >= 4 is 39.7 Å². The molecule has 0 spiro atoms. The predicted molar refractivity (Wildman–Crippen MR) is 47.5 cm³/mol. The molecule has 0 fully saturated rings. The maximum atomic E-state index is 10.7. The molecule has 64 valence electrons. The standard InChI is InChI=1S/C6H14O3S.Na.H/c1-3-4-5-6-10(7,8)9-2;;/h3-6H2,1-2H3;;. The number of unbranched alkanes of at least 4 members (excludes halogenated alkanes) is 2. The molecule has 0 aliphatic carbocycles. The molecule has 5 heteroatoms. The van der Waals surface area contributed by atoms with Crippen molar-refractivity contribution in [2.75, 3.05) is 12.9 Å². The van der Waals surface area contributed by atoms with E-state index in [0.717, 1.165) is 12.8 Å². The molecule has 0 saturated heterocycles. The zero-order valence-corrected chi connectivity index (χ0v) is 7.28. The van der Waals surface area contributed by atoms with Crippen LogP contribution >= 0.6 is 0 Å². The van der Waals surface area contributed by atoms with E-state index in [0.29, 0.717) is 6.42 Å². The van der Waals surface area contributed by atoms with Gasteiger partial charge in [0.25, 0.3) is 10.1 Å². The van der Waals surface area contributed by atoms with Gasteiger partial charge in [0, 0.05) is 0 Å². The van der Waals surface area contributed by atoms with E-state index in [9.17, 15) is 8.42 Å². The third kappa shape index (κ3) is 8.82. The monoisotopic (exact) mass is 190 g/mol. The summed E-state index contributed by atoms with van der Waals surface area (Å²) in [6.45, 7) is 2.03. The minimum atomic E-state index is -3.19. The van der Waals surface area contributed by atoms with Gasteiger partial charge in [-0.3, -0.25) is 4.18 Å². The van der Waals surface area contributed by atoms with Crippen molar-refractivity contribution in [2.24, 2.45) is 0 Å². The zero-order chi connectivity index (χ0) is 8.04. The van der Waals surface area contributed by atoms with Gasteiger partial charge < -0.3 is 0 Å². The summed E-state index contributed by atoms with van der Waals surface area (Å²) >= 11 is 0. The summed E-state index contributed by atoms with van der Waals surface area (Å²) in [7, 11) is -2.00. The normalized spacial score (nSPS) is 10.7. The van der Waals surface area contributed by atoms with E-state index in [1.54, 1.807) is 0 Å². The van der Waals surface area contributed by atoms with Crippen LogP contribution in [-0.4, -0.2) is 50.8 Å². The molecule has 0 heterocycles. The van der Waals surface area contributed by atoms with Gasteiger partial charge in [-0.2, -0.15) is 8.42 Å². The SMILES string of the molecule is CCCCCS(=O)(=O)OC.[NaH]. The van der Waals surface area contributed by atoms with Crippen LogP contribution in [0.1, 0.15) is 26.2 Å². The Bertz CT molecular complexity index is 165. The van der Waals surface area contributed by atoms with Crippen LogP contribution in [0.2, 0.25) is 0 Å². The van der Waals surface area contributed by atoms with Crippen LogP contribution in [-0.2, 0) is 14.3 Å². The summed E-state index contributed by atoms with van der Waals surface area (Å²) in [5.74, 6) is 0.150. The van der Waals surface area contributed by atoms with Crippen molar-refractivity contribution in [1.82, 2.24) is 0 Å². The van der Waals surface area contributed by atoms with Gasteiger partial charge >= 0.3 is 29.6 Å². The topological polar surface area (TPSA) is 43.4 Å². The van der Waals surface area contributed by atoms with Crippen LogP contribution in [0.4, 0.5) is 0 Å². The van der Waals surface area contributed by atoms with Crippen LogP contribution in [0, 0.1) is 0 Å². The fourth-order valence-corrected chi connectivity index (χ4v) is 1.34. The third-order valence-electron chi connectivity index (χ3n) is 1.25. The van der Waals surface area contributed by atoms with E-state index in [1.165, 1.54) is 7.11 Å². The van der Waals surface area contributed by atoms with Gasteiger partial charge in [-0.05, 0) is 6.42 Å². The van der Waals surface area contributed by atoms with E-state index >= 15 is 0 Å². The van der Waals surface area contributed by atoms with Gasteiger partial charge in [0.2, 0.25) is 0 Å². The second-order valence-corrected chi connectivity index (χ2v) is 3.99. The molecule has 0 radical (unpaired) electrons. The van der Waals surface area contributed by atoms with Gasteiger partial charge in [-0.15, -0.1) is 0 Å².